The highest BCUT2D eigenvalue weighted by atomic mass is 14.8. The summed E-state index contributed by atoms with van der Waals surface area (Å²) in [5.74, 6) is 1.70. The van der Waals surface area contributed by atoms with E-state index in [0.717, 1.165) is 12.3 Å². The Hall–Kier alpha value is -1.44. The molecule has 4 atom stereocenters. The molecular weight excluding hydrogens is 340 g/mol. The lowest BCUT2D eigenvalue weighted by molar-refractivity contribution is 0.0815. The van der Waals surface area contributed by atoms with Crippen molar-refractivity contribution in [2.45, 2.75) is 92.0 Å². The van der Waals surface area contributed by atoms with Gasteiger partial charge in [0.05, 0.1) is 0 Å². The first kappa shape index (κ1) is 21.3. The molecule has 28 heavy (non-hydrogen) atoms. The third-order valence-corrected chi connectivity index (χ3v) is 7.39. The fraction of sp³-hybridized carbons (Fsp3) is 0.692. The van der Waals surface area contributed by atoms with Crippen molar-refractivity contribution in [2.75, 3.05) is 0 Å². The van der Waals surface area contributed by atoms with E-state index >= 15 is 0 Å². The van der Waals surface area contributed by atoms with E-state index in [1.165, 1.54) is 67.2 Å². The van der Waals surface area contributed by atoms with Crippen LogP contribution in [-0.2, 0) is 6.42 Å². The number of nitrogens with zero attached hydrogens (tertiary/aromatic N) is 1. The molecule has 2 heteroatoms. The van der Waals surface area contributed by atoms with Gasteiger partial charge in [-0.05, 0) is 86.1 Å². The molecular formula is C26H40N2. The highest BCUT2D eigenvalue weighted by molar-refractivity contribution is 5.84. The summed E-state index contributed by atoms with van der Waals surface area (Å²) in [6.45, 7) is 11.6. The van der Waals surface area contributed by atoms with Crippen molar-refractivity contribution in [1.82, 2.24) is 0 Å². The van der Waals surface area contributed by atoms with Crippen LogP contribution in [0.3, 0.4) is 0 Å². The van der Waals surface area contributed by atoms with Crippen molar-refractivity contribution in [1.29, 1.82) is 5.41 Å². The second-order valence-corrected chi connectivity index (χ2v) is 10.3. The molecule has 0 radical (unpaired) electrons. The minimum atomic E-state index is 0.159. The smallest absolute Gasteiger partial charge is 0.0499 e. The van der Waals surface area contributed by atoms with Gasteiger partial charge in [-0.2, -0.15) is 0 Å². The molecule has 1 aromatic carbocycles. The Balaban J connectivity index is 1.91. The molecule has 3 rings (SSSR count). The number of nitrogens with one attached hydrogen (secondary N) is 1. The molecule has 0 aliphatic heterocycles. The van der Waals surface area contributed by atoms with Gasteiger partial charge in [0.1, 0.15) is 0 Å². The normalized spacial score (nSPS) is 32.0. The van der Waals surface area contributed by atoms with Gasteiger partial charge in [-0.3, -0.25) is 4.99 Å². The summed E-state index contributed by atoms with van der Waals surface area (Å²) in [4.78, 5) is 5.02. The Kier molecular flexibility index (Phi) is 6.78. The predicted molar refractivity (Wildman–Crippen MR) is 122 cm³/mol. The third-order valence-electron chi connectivity index (χ3n) is 7.39. The van der Waals surface area contributed by atoms with Crippen LogP contribution in [0.25, 0.3) is 0 Å². The van der Waals surface area contributed by atoms with Crippen molar-refractivity contribution in [2.24, 2.45) is 28.2 Å². The van der Waals surface area contributed by atoms with E-state index in [9.17, 15) is 0 Å². The lowest BCUT2D eigenvalue weighted by atomic mass is 9.58. The van der Waals surface area contributed by atoms with Crippen LogP contribution in [-0.4, -0.2) is 18.5 Å². The fourth-order valence-corrected chi connectivity index (χ4v) is 6.28. The minimum Gasteiger partial charge on any atom is -0.313 e. The van der Waals surface area contributed by atoms with Gasteiger partial charge in [0.25, 0.3) is 0 Å². The van der Waals surface area contributed by atoms with E-state index in [1.807, 2.05) is 0 Å². The van der Waals surface area contributed by atoms with Crippen molar-refractivity contribution >= 4 is 12.4 Å². The van der Waals surface area contributed by atoms with Crippen LogP contribution in [0, 0.1) is 42.4 Å². The zero-order valence-electron chi connectivity index (χ0n) is 18.7. The maximum Gasteiger partial charge on any atom is 0.0499 e. The Morgan fingerprint density at radius 2 is 1.86 bits per heavy atom. The average molecular weight is 381 g/mol. The standard InChI is InChI=1S/C26H40N2/c1-18-11-20(3)24(17-28-23-9-7-6-8-10-23)22(13-18)15-26(5)14-19(2)12-21(4)25(26)16-27/h11,13,16-17,19,21,23,25,27H,6-10,12,14-15H2,1-5H3. The number of aliphatic imine (C=N–C) groups is 1. The molecule has 4 unspecified atom stereocenters. The molecule has 2 fully saturated rings. The summed E-state index contributed by atoms with van der Waals surface area (Å²) in [5.41, 5.74) is 5.63. The van der Waals surface area contributed by atoms with Gasteiger partial charge in [0.15, 0.2) is 0 Å². The van der Waals surface area contributed by atoms with Crippen LogP contribution in [0.5, 0.6) is 0 Å². The molecule has 0 bridgehead atoms. The second-order valence-electron chi connectivity index (χ2n) is 10.3. The monoisotopic (exact) mass is 380 g/mol. The first-order chi connectivity index (χ1) is 13.3. The van der Waals surface area contributed by atoms with Crippen molar-refractivity contribution < 1.29 is 0 Å². The van der Waals surface area contributed by atoms with E-state index < -0.39 is 0 Å². The zero-order valence-corrected chi connectivity index (χ0v) is 18.7. The molecule has 1 N–H and O–H groups in total. The summed E-state index contributed by atoms with van der Waals surface area (Å²) in [6.07, 6.45) is 14.0. The van der Waals surface area contributed by atoms with Crippen LogP contribution in [0.2, 0.25) is 0 Å². The van der Waals surface area contributed by atoms with Gasteiger partial charge in [-0.1, -0.05) is 57.7 Å². The van der Waals surface area contributed by atoms with E-state index in [2.05, 4.69) is 53.0 Å². The van der Waals surface area contributed by atoms with Crippen molar-refractivity contribution in [3.05, 3.63) is 34.4 Å². The Labute approximate surface area is 172 Å². The van der Waals surface area contributed by atoms with E-state index in [4.69, 9.17) is 10.4 Å². The number of rotatable bonds is 5. The summed E-state index contributed by atoms with van der Waals surface area (Å²) < 4.78 is 0. The summed E-state index contributed by atoms with van der Waals surface area (Å²) >= 11 is 0. The lowest BCUT2D eigenvalue weighted by Crippen LogP contribution is -2.41. The van der Waals surface area contributed by atoms with Crippen LogP contribution >= 0.6 is 0 Å². The van der Waals surface area contributed by atoms with E-state index in [1.54, 1.807) is 6.21 Å². The average Bonchev–Trinajstić information content (AvgIpc) is 2.61. The lowest BCUT2D eigenvalue weighted by Gasteiger charge is -2.46. The van der Waals surface area contributed by atoms with Crippen LogP contribution < -0.4 is 0 Å². The van der Waals surface area contributed by atoms with Gasteiger partial charge in [0, 0.05) is 18.2 Å². The first-order valence-electron chi connectivity index (χ1n) is 11.5. The largest absolute Gasteiger partial charge is 0.313 e. The second kappa shape index (κ2) is 8.93. The quantitative estimate of drug-likeness (QED) is 0.537. The highest BCUT2D eigenvalue weighted by Crippen LogP contribution is 2.48. The number of hydrogen-bond acceptors (Lipinski definition) is 2. The van der Waals surface area contributed by atoms with Crippen LogP contribution in [0.4, 0.5) is 0 Å². The maximum absolute atomic E-state index is 8.12. The molecule has 2 nitrogen and oxygen atoms in total. The molecule has 0 saturated heterocycles. The van der Waals surface area contributed by atoms with E-state index in [0.29, 0.717) is 17.9 Å². The minimum absolute atomic E-state index is 0.159. The van der Waals surface area contributed by atoms with Gasteiger partial charge in [0.2, 0.25) is 0 Å². The van der Waals surface area contributed by atoms with Crippen molar-refractivity contribution in [3.8, 4) is 0 Å². The Morgan fingerprint density at radius 1 is 1.14 bits per heavy atom. The van der Waals surface area contributed by atoms with E-state index in [-0.39, 0.29) is 5.41 Å². The van der Waals surface area contributed by atoms with Crippen LogP contribution in [0.15, 0.2) is 17.1 Å². The zero-order chi connectivity index (χ0) is 20.3. The molecule has 2 saturated carbocycles. The van der Waals surface area contributed by atoms with Gasteiger partial charge in [-0.25, -0.2) is 0 Å². The molecule has 0 spiro atoms. The Morgan fingerprint density at radius 3 is 2.54 bits per heavy atom. The molecule has 0 heterocycles. The number of benzene rings is 1. The van der Waals surface area contributed by atoms with Gasteiger partial charge < -0.3 is 5.41 Å². The third kappa shape index (κ3) is 4.75. The molecule has 0 aromatic heterocycles. The number of aryl methyl sites for hydroxylation is 2. The summed E-state index contributed by atoms with van der Waals surface area (Å²) in [7, 11) is 0. The SMILES string of the molecule is Cc1cc(C)c(C=NC2CCCCC2)c(CC2(C)CC(C)CC(C)C2C=N)c1. The molecule has 2 aliphatic rings. The first-order valence-corrected chi connectivity index (χ1v) is 11.5. The topological polar surface area (TPSA) is 36.2 Å². The Bertz CT molecular complexity index is 713. The summed E-state index contributed by atoms with van der Waals surface area (Å²) in [5, 5.41) is 8.12. The predicted octanol–water partition coefficient (Wildman–Crippen LogP) is 6.94. The van der Waals surface area contributed by atoms with Crippen LogP contribution in [0.1, 0.15) is 88.0 Å². The molecule has 2 aliphatic carbocycles. The van der Waals surface area contributed by atoms with Gasteiger partial charge in [-0.15, -0.1) is 0 Å². The fourth-order valence-electron chi connectivity index (χ4n) is 6.28. The van der Waals surface area contributed by atoms with Crippen molar-refractivity contribution in [3.63, 3.8) is 0 Å². The molecule has 154 valence electrons. The summed E-state index contributed by atoms with van der Waals surface area (Å²) in [6, 6.07) is 5.20. The highest BCUT2D eigenvalue weighted by Gasteiger charge is 2.42. The maximum atomic E-state index is 8.12. The molecule has 1 aromatic rings. The number of hydrogen-bond donors (Lipinski definition) is 1. The van der Waals surface area contributed by atoms with Gasteiger partial charge >= 0.3 is 0 Å². The molecule has 0 amide bonds.